The van der Waals surface area contributed by atoms with Gasteiger partial charge < -0.3 is 5.11 Å². The van der Waals surface area contributed by atoms with Gasteiger partial charge in [-0.2, -0.15) is 0 Å². The van der Waals surface area contributed by atoms with Gasteiger partial charge in [-0.15, -0.1) is 11.3 Å². The van der Waals surface area contributed by atoms with Crippen LogP contribution in [-0.2, 0) is 0 Å². The van der Waals surface area contributed by atoms with E-state index in [-0.39, 0.29) is 11.5 Å². The van der Waals surface area contributed by atoms with Crippen molar-refractivity contribution in [2.75, 3.05) is 13.6 Å². The third-order valence-corrected chi connectivity index (χ3v) is 5.59. The molecule has 1 aliphatic carbocycles. The van der Waals surface area contributed by atoms with Crippen molar-refractivity contribution in [1.82, 2.24) is 4.90 Å². The minimum absolute atomic E-state index is 0.0949. The fourth-order valence-electron chi connectivity index (χ4n) is 2.97. The van der Waals surface area contributed by atoms with Gasteiger partial charge in [0.15, 0.2) is 0 Å². The Morgan fingerprint density at radius 2 is 2.28 bits per heavy atom. The van der Waals surface area contributed by atoms with Crippen LogP contribution in [0.15, 0.2) is 17.5 Å². The molecule has 2 rings (SSSR count). The highest BCUT2D eigenvalue weighted by molar-refractivity contribution is 7.10. The summed E-state index contributed by atoms with van der Waals surface area (Å²) >= 11 is 1.81. The lowest BCUT2D eigenvalue weighted by Crippen LogP contribution is -2.35. The van der Waals surface area contributed by atoms with Gasteiger partial charge in [0, 0.05) is 17.5 Å². The summed E-state index contributed by atoms with van der Waals surface area (Å²) in [7, 11) is 2.17. The highest BCUT2D eigenvalue weighted by Gasteiger charge is 2.41. The van der Waals surface area contributed by atoms with Crippen LogP contribution in [0.2, 0.25) is 0 Å². The van der Waals surface area contributed by atoms with Gasteiger partial charge in [0.05, 0.1) is 6.10 Å². The Bertz CT molecular complexity index is 374. The van der Waals surface area contributed by atoms with E-state index >= 15 is 0 Å². The summed E-state index contributed by atoms with van der Waals surface area (Å²) in [5, 5.41) is 12.5. The molecule has 1 fully saturated rings. The number of hydrogen-bond acceptors (Lipinski definition) is 3. The second-order valence-electron chi connectivity index (χ2n) is 6.36. The Labute approximate surface area is 115 Å². The van der Waals surface area contributed by atoms with Gasteiger partial charge >= 0.3 is 0 Å². The first-order chi connectivity index (χ1) is 8.42. The Morgan fingerprint density at radius 1 is 1.56 bits per heavy atom. The van der Waals surface area contributed by atoms with E-state index in [0.29, 0.717) is 12.0 Å². The monoisotopic (exact) mass is 267 g/mol. The molecule has 0 aromatic carbocycles. The molecule has 3 unspecified atom stereocenters. The SMILES string of the molecule is CC(c1cccs1)N(C)CC1CCC(C)(C)C1O. The van der Waals surface area contributed by atoms with Gasteiger partial charge in [0.1, 0.15) is 0 Å². The number of hydrogen-bond donors (Lipinski definition) is 1. The van der Waals surface area contributed by atoms with Crippen molar-refractivity contribution >= 4 is 11.3 Å². The van der Waals surface area contributed by atoms with E-state index in [4.69, 9.17) is 0 Å². The van der Waals surface area contributed by atoms with E-state index in [2.05, 4.69) is 50.2 Å². The summed E-state index contributed by atoms with van der Waals surface area (Å²) in [6.45, 7) is 7.60. The number of aliphatic hydroxyl groups is 1. The molecule has 0 bridgehead atoms. The van der Waals surface area contributed by atoms with Crippen LogP contribution in [0.4, 0.5) is 0 Å². The predicted molar refractivity (Wildman–Crippen MR) is 77.9 cm³/mol. The molecule has 1 aromatic rings. The topological polar surface area (TPSA) is 23.5 Å². The first kappa shape index (κ1) is 14.0. The Kier molecular flexibility index (Phi) is 4.15. The van der Waals surface area contributed by atoms with Crippen LogP contribution in [0.5, 0.6) is 0 Å². The number of nitrogens with zero attached hydrogens (tertiary/aromatic N) is 1. The van der Waals surface area contributed by atoms with Gasteiger partial charge in [-0.25, -0.2) is 0 Å². The Morgan fingerprint density at radius 3 is 2.78 bits per heavy atom. The van der Waals surface area contributed by atoms with E-state index in [1.54, 1.807) is 0 Å². The molecule has 0 radical (unpaired) electrons. The molecule has 3 atom stereocenters. The maximum Gasteiger partial charge on any atom is 0.0631 e. The molecule has 102 valence electrons. The first-order valence-corrected chi connectivity index (χ1v) is 7.71. The molecule has 0 amide bonds. The summed E-state index contributed by atoms with van der Waals surface area (Å²) in [6, 6.07) is 4.75. The molecular weight excluding hydrogens is 242 g/mol. The van der Waals surface area contributed by atoms with Gasteiger partial charge in [-0.1, -0.05) is 19.9 Å². The number of thiophene rings is 1. The van der Waals surface area contributed by atoms with Crippen molar-refractivity contribution in [3.05, 3.63) is 22.4 Å². The molecule has 1 N–H and O–H groups in total. The van der Waals surface area contributed by atoms with Crippen LogP contribution in [0.3, 0.4) is 0 Å². The molecule has 1 aliphatic rings. The summed E-state index contributed by atoms with van der Waals surface area (Å²) in [5.74, 6) is 0.424. The van der Waals surface area contributed by atoms with Crippen molar-refractivity contribution in [2.24, 2.45) is 11.3 Å². The first-order valence-electron chi connectivity index (χ1n) is 6.83. The van der Waals surface area contributed by atoms with E-state index in [1.807, 2.05) is 11.3 Å². The van der Waals surface area contributed by atoms with Crippen molar-refractivity contribution in [3.63, 3.8) is 0 Å². The summed E-state index contributed by atoms with van der Waals surface area (Å²) in [4.78, 5) is 3.78. The molecule has 1 aromatic heterocycles. The molecule has 0 spiro atoms. The third kappa shape index (κ3) is 2.79. The van der Waals surface area contributed by atoms with Crippen LogP contribution >= 0.6 is 11.3 Å². The Balaban J connectivity index is 1.94. The van der Waals surface area contributed by atoms with Gasteiger partial charge in [0.25, 0.3) is 0 Å². The van der Waals surface area contributed by atoms with Gasteiger partial charge in [-0.05, 0) is 49.6 Å². The maximum absolute atomic E-state index is 10.4. The number of rotatable bonds is 4. The molecule has 1 heterocycles. The van der Waals surface area contributed by atoms with Crippen molar-refractivity contribution in [1.29, 1.82) is 0 Å². The van der Waals surface area contributed by atoms with Gasteiger partial charge in [0.2, 0.25) is 0 Å². The fourth-order valence-corrected chi connectivity index (χ4v) is 3.81. The van der Waals surface area contributed by atoms with Crippen molar-refractivity contribution < 1.29 is 5.11 Å². The van der Waals surface area contributed by atoms with Gasteiger partial charge in [-0.3, -0.25) is 4.90 Å². The number of aliphatic hydroxyl groups excluding tert-OH is 1. The van der Waals surface area contributed by atoms with Crippen LogP contribution < -0.4 is 0 Å². The third-order valence-electron chi connectivity index (χ3n) is 4.55. The summed E-state index contributed by atoms with van der Waals surface area (Å²) < 4.78 is 0. The molecule has 2 nitrogen and oxygen atoms in total. The summed E-state index contributed by atoms with van der Waals surface area (Å²) in [6.07, 6.45) is 2.13. The van der Waals surface area contributed by atoms with Crippen molar-refractivity contribution in [2.45, 2.75) is 45.8 Å². The normalized spacial score (nSPS) is 28.8. The molecular formula is C15H25NOS. The lowest BCUT2D eigenvalue weighted by molar-refractivity contribution is 0.0317. The average molecular weight is 267 g/mol. The zero-order valence-corrected chi connectivity index (χ0v) is 12.7. The van der Waals surface area contributed by atoms with Crippen LogP contribution in [0.1, 0.15) is 44.5 Å². The fraction of sp³-hybridized carbons (Fsp3) is 0.733. The predicted octanol–water partition coefficient (Wildman–Crippen LogP) is 3.54. The molecule has 0 saturated heterocycles. The second kappa shape index (κ2) is 5.32. The zero-order valence-electron chi connectivity index (χ0n) is 11.9. The van der Waals surface area contributed by atoms with E-state index in [0.717, 1.165) is 19.4 Å². The summed E-state index contributed by atoms with van der Waals surface area (Å²) in [5.41, 5.74) is 0.0949. The highest BCUT2D eigenvalue weighted by Crippen LogP contribution is 2.42. The maximum atomic E-state index is 10.4. The molecule has 3 heteroatoms. The van der Waals surface area contributed by atoms with E-state index in [1.165, 1.54) is 4.88 Å². The highest BCUT2D eigenvalue weighted by atomic mass is 32.1. The average Bonchev–Trinajstić information content (AvgIpc) is 2.92. The molecule has 0 aliphatic heterocycles. The largest absolute Gasteiger partial charge is 0.392 e. The minimum atomic E-state index is -0.157. The molecule has 1 saturated carbocycles. The lowest BCUT2D eigenvalue weighted by Gasteiger charge is -2.31. The van der Waals surface area contributed by atoms with E-state index in [9.17, 15) is 5.11 Å². The standard InChI is InChI=1S/C15H25NOS/c1-11(13-6-5-9-18-13)16(4)10-12-7-8-15(2,3)14(12)17/h5-6,9,11-12,14,17H,7-8,10H2,1-4H3. The van der Waals surface area contributed by atoms with E-state index < -0.39 is 0 Å². The zero-order chi connectivity index (χ0) is 13.3. The van der Waals surface area contributed by atoms with Crippen LogP contribution in [0, 0.1) is 11.3 Å². The molecule has 18 heavy (non-hydrogen) atoms. The quantitative estimate of drug-likeness (QED) is 0.902. The Hall–Kier alpha value is -0.380. The minimum Gasteiger partial charge on any atom is -0.392 e. The van der Waals surface area contributed by atoms with Crippen LogP contribution in [0.25, 0.3) is 0 Å². The second-order valence-corrected chi connectivity index (χ2v) is 7.34. The smallest absolute Gasteiger partial charge is 0.0631 e. The lowest BCUT2D eigenvalue weighted by atomic mass is 9.87. The van der Waals surface area contributed by atoms with Crippen LogP contribution in [-0.4, -0.2) is 29.7 Å². The van der Waals surface area contributed by atoms with Crippen molar-refractivity contribution in [3.8, 4) is 0 Å².